The molecule has 1 heterocycles. The topological polar surface area (TPSA) is 68.0 Å². The molecule has 2 rings (SSSR count). The Kier molecular flexibility index (Phi) is 3.28. The Hall–Kier alpha value is -2.36. The average Bonchev–Trinajstić information content (AvgIpc) is 2.30. The molecule has 0 aliphatic rings. The summed E-state index contributed by atoms with van der Waals surface area (Å²) >= 11 is 0. The third kappa shape index (κ3) is 2.48. The largest absolute Gasteiger partial charge is 0.399 e. The summed E-state index contributed by atoms with van der Waals surface area (Å²) in [4.78, 5) is 15.4. The van der Waals surface area contributed by atoms with Gasteiger partial charge in [-0.3, -0.25) is 4.79 Å². The van der Waals surface area contributed by atoms with Gasteiger partial charge in [0.2, 0.25) is 5.91 Å². The third-order valence-electron chi connectivity index (χ3n) is 2.64. The van der Waals surface area contributed by atoms with Crippen LogP contribution in [0.4, 0.5) is 11.5 Å². The van der Waals surface area contributed by atoms with Gasteiger partial charge in [-0.25, -0.2) is 4.98 Å². The van der Waals surface area contributed by atoms with Crippen molar-refractivity contribution in [1.82, 2.24) is 4.98 Å². The number of hydrogen-bond donors (Lipinski definition) is 2. The Labute approximate surface area is 106 Å². The summed E-state index contributed by atoms with van der Waals surface area (Å²) in [5.41, 5.74) is 9.42. The van der Waals surface area contributed by atoms with Gasteiger partial charge in [0.1, 0.15) is 5.82 Å². The lowest BCUT2D eigenvalue weighted by molar-refractivity contribution is -0.114. The number of anilines is 2. The fourth-order valence-corrected chi connectivity index (χ4v) is 1.88. The van der Waals surface area contributed by atoms with Gasteiger partial charge in [0.25, 0.3) is 0 Å². The number of nitrogens with two attached hydrogens (primary N) is 1. The maximum absolute atomic E-state index is 11.2. The van der Waals surface area contributed by atoms with Gasteiger partial charge in [-0.15, -0.1) is 0 Å². The number of carbonyl (C=O) groups is 1. The van der Waals surface area contributed by atoms with Crippen LogP contribution in [0, 0.1) is 6.92 Å². The predicted molar refractivity (Wildman–Crippen MR) is 73.1 cm³/mol. The number of nitrogens with one attached hydrogen (secondary N) is 1. The monoisotopic (exact) mass is 241 g/mol. The molecule has 3 N–H and O–H groups in total. The molecule has 0 saturated carbocycles. The number of pyridine rings is 1. The van der Waals surface area contributed by atoms with E-state index in [0.717, 1.165) is 22.4 Å². The smallest absolute Gasteiger partial charge is 0.222 e. The van der Waals surface area contributed by atoms with Crippen molar-refractivity contribution in [1.29, 1.82) is 0 Å². The molecule has 0 radical (unpaired) electrons. The van der Waals surface area contributed by atoms with E-state index in [1.807, 2.05) is 37.3 Å². The Morgan fingerprint density at radius 1 is 1.28 bits per heavy atom. The third-order valence-corrected chi connectivity index (χ3v) is 2.64. The zero-order chi connectivity index (χ0) is 13.1. The molecule has 18 heavy (non-hydrogen) atoms. The van der Waals surface area contributed by atoms with Gasteiger partial charge < -0.3 is 11.1 Å². The molecule has 0 fully saturated rings. The molecule has 92 valence electrons. The second-order valence-electron chi connectivity index (χ2n) is 4.16. The second kappa shape index (κ2) is 4.87. The number of nitrogen functional groups attached to an aromatic ring is 1. The average molecular weight is 241 g/mol. The summed E-state index contributed by atoms with van der Waals surface area (Å²) in [5.74, 6) is 0.431. The normalized spacial score (nSPS) is 10.1. The van der Waals surface area contributed by atoms with E-state index >= 15 is 0 Å². The quantitative estimate of drug-likeness (QED) is 0.794. The van der Waals surface area contributed by atoms with Crippen molar-refractivity contribution in [2.75, 3.05) is 11.1 Å². The van der Waals surface area contributed by atoms with Gasteiger partial charge in [0.15, 0.2) is 0 Å². The first-order valence-electron chi connectivity index (χ1n) is 5.67. The lowest BCUT2D eigenvalue weighted by atomic mass is 10.0. The number of carbonyl (C=O) groups excluding carboxylic acids is 1. The molecule has 0 bridgehead atoms. The minimum Gasteiger partial charge on any atom is -0.399 e. The van der Waals surface area contributed by atoms with Crippen LogP contribution in [0.3, 0.4) is 0 Å². The highest BCUT2D eigenvalue weighted by molar-refractivity contribution is 5.93. The Bertz CT molecular complexity index is 593. The van der Waals surface area contributed by atoms with E-state index in [-0.39, 0.29) is 5.91 Å². The van der Waals surface area contributed by atoms with Crippen molar-refractivity contribution < 1.29 is 4.79 Å². The Morgan fingerprint density at radius 2 is 2.06 bits per heavy atom. The van der Waals surface area contributed by atoms with Gasteiger partial charge in [-0.05, 0) is 42.3 Å². The van der Waals surface area contributed by atoms with Crippen molar-refractivity contribution in [3.63, 3.8) is 0 Å². The lowest BCUT2D eigenvalue weighted by Crippen LogP contribution is -2.08. The van der Waals surface area contributed by atoms with E-state index in [1.165, 1.54) is 6.92 Å². The van der Waals surface area contributed by atoms with Gasteiger partial charge in [-0.2, -0.15) is 0 Å². The number of aromatic nitrogens is 1. The molecule has 0 unspecified atom stereocenters. The molecule has 1 aromatic carbocycles. The first kappa shape index (κ1) is 12.1. The first-order chi connectivity index (χ1) is 8.58. The number of aryl methyl sites for hydroxylation is 1. The molecule has 1 amide bonds. The second-order valence-corrected chi connectivity index (χ2v) is 4.16. The van der Waals surface area contributed by atoms with Gasteiger partial charge in [0.05, 0.1) is 0 Å². The summed E-state index contributed by atoms with van der Waals surface area (Å²) in [6.07, 6.45) is 1.65. The fraction of sp³-hybridized carbons (Fsp3) is 0.143. The van der Waals surface area contributed by atoms with Crippen LogP contribution in [0.25, 0.3) is 11.1 Å². The van der Waals surface area contributed by atoms with Crippen molar-refractivity contribution in [3.8, 4) is 11.1 Å². The summed E-state index contributed by atoms with van der Waals surface area (Å²) < 4.78 is 0. The molecular formula is C14H15N3O. The van der Waals surface area contributed by atoms with Crippen LogP contribution in [-0.4, -0.2) is 10.9 Å². The van der Waals surface area contributed by atoms with Crippen LogP contribution in [0.5, 0.6) is 0 Å². The molecule has 0 atom stereocenters. The van der Waals surface area contributed by atoms with Crippen LogP contribution in [0.2, 0.25) is 0 Å². The SMILES string of the molecule is CC(=O)Nc1ncccc1-c1ccc(N)cc1C. The van der Waals surface area contributed by atoms with Crippen LogP contribution in [-0.2, 0) is 4.79 Å². The van der Waals surface area contributed by atoms with E-state index < -0.39 is 0 Å². The maximum Gasteiger partial charge on any atom is 0.222 e. The van der Waals surface area contributed by atoms with Gasteiger partial charge >= 0.3 is 0 Å². The number of amides is 1. The standard InChI is InChI=1S/C14H15N3O/c1-9-8-11(15)5-6-12(9)13-4-3-7-16-14(13)17-10(2)18/h3-8H,15H2,1-2H3,(H,16,17,18). The minimum atomic E-state index is -0.136. The molecule has 2 aromatic rings. The summed E-state index contributed by atoms with van der Waals surface area (Å²) in [5, 5.41) is 2.73. The van der Waals surface area contributed by atoms with Gasteiger partial charge in [-0.1, -0.05) is 6.07 Å². The highest BCUT2D eigenvalue weighted by Crippen LogP contribution is 2.29. The van der Waals surface area contributed by atoms with Crippen LogP contribution < -0.4 is 11.1 Å². The molecule has 4 nitrogen and oxygen atoms in total. The minimum absolute atomic E-state index is 0.136. The molecule has 0 saturated heterocycles. The van der Waals surface area contributed by atoms with Gasteiger partial charge in [0, 0.05) is 24.4 Å². The van der Waals surface area contributed by atoms with Crippen molar-refractivity contribution in [2.24, 2.45) is 0 Å². The zero-order valence-electron chi connectivity index (χ0n) is 10.4. The van der Waals surface area contributed by atoms with Crippen molar-refractivity contribution in [2.45, 2.75) is 13.8 Å². The highest BCUT2D eigenvalue weighted by Gasteiger charge is 2.09. The van der Waals surface area contributed by atoms with Crippen LogP contribution >= 0.6 is 0 Å². The van der Waals surface area contributed by atoms with E-state index in [2.05, 4.69) is 10.3 Å². The van der Waals surface area contributed by atoms with E-state index in [1.54, 1.807) is 6.20 Å². The molecule has 0 spiro atoms. The van der Waals surface area contributed by atoms with Crippen LogP contribution in [0.1, 0.15) is 12.5 Å². The molecule has 0 aliphatic carbocycles. The lowest BCUT2D eigenvalue weighted by Gasteiger charge is -2.11. The fourth-order valence-electron chi connectivity index (χ4n) is 1.88. The van der Waals surface area contributed by atoms with Crippen LogP contribution in [0.15, 0.2) is 36.5 Å². The first-order valence-corrected chi connectivity index (χ1v) is 5.67. The van der Waals surface area contributed by atoms with Crippen molar-refractivity contribution in [3.05, 3.63) is 42.1 Å². The number of hydrogen-bond acceptors (Lipinski definition) is 3. The van der Waals surface area contributed by atoms with E-state index in [4.69, 9.17) is 5.73 Å². The summed E-state index contributed by atoms with van der Waals surface area (Å²) in [6.45, 7) is 3.45. The Balaban J connectivity index is 2.53. The summed E-state index contributed by atoms with van der Waals surface area (Å²) in [7, 11) is 0. The molecule has 4 heteroatoms. The number of nitrogens with zero attached hydrogens (tertiary/aromatic N) is 1. The van der Waals surface area contributed by atoms with E-state index in [0.29, 0.717) is 5.82 Å². The summed E-state index contributed by atoms with van der Waals surface area (Å²) in [6, 6.07) is 9.45. The highest BCUT2D eigenvalue weighted by atomic mass is 16.1. The molecular weight excluding hydrogens is 226 g/mol. The number of rotatable bonds is 2. The maximum atomic E-state index is 11.2. The number of benzene rings is 1. The predicted octanol–water partition coefficient (Wildman–Crippen LogP) is 2.60. The molecule has 1 aromatic heterocycles. The van der Waals surface area contributed by atoms with Crippen molar-refractivity contribution >= 4 is 17.4 Å². The Morgan fingerprint density at radius 3 is 2.72 bits per heavy atom. The zero-order valence-corrected chi connectivity index (χ0v) is 10.4. The molecule has 0 aliphatic heterocycles. The van der Waals surface area contributed by atoms with E-state index in [9.17, 15) is 4.79 Å².